The van der Waals surface area contributed by atoms with Crippen molar-refractivity contribution in [2.24, 2.45) is 5.92 Å². The number of hydrogen-bond acceptors (Lipinski definition) is 7. The van der Waals surface area contributed by atoms with Crippen molar-refractivity contribution in [2.45, 2.75) is 70.6 Å². The van der Waals surface area contributed by atoms with Crippen LogP contribution in [-0.2, 0) is 16.1 Å². The number of benzene rings is 2. The van der Waals surface area contributed by atoms with E-state index in [1.165, 1.54) is 43.9 Å². The number of thiazole rings is 1. The number of aryl methyl sites for hydroxylation is 1. The third-order valence-corrected chi connectivity index (χ3v) is 8.97. The Labute approximate surface area is 257 Å². The van der Waals surface area contributed by atoms with E-state index in [2.05, 4.69) is 10.3 Å². The van der Waals surface area contributed by atoms with Crippen LogP contribution in [0.25, 0.3) is 11.1 Å². The Morgan fingerprint density at radius 3 is 2.60 bits per heavy atom. The van der Waals surface area contributed by atoms with Crippen LogP contribution in [0.1, 0.15) is 77.4 Å². The minimum Gasteiger partial charge on any atom is -0.548 e. The van der Waals surface area contributed by atoms with Gasteiger partial charge in [-0.25, -0.2) is 0 Å². The van der Waals surface area contributed by atoms with E-state index in [0.29, 0.717) is 30.3 Å². The zero-order valence-corrected chi connectivity index (χ0v) is 25.3. The summed E-state index contributed by atoms with van der Waals surface area (Å²) in [5.74, 6) is -0.410. The van der Waals surface area contributed by atoms with Crippen molar-refractivity contribution < 1.29 is 38.3 Å². The zero-order chi connectivity index (χ0) is 27.6. The van der Waals surface area contributed by atoms with Crippen LogP contribution in [0.2, 0.25) is 0 Å². The van der Waals surface area contributed by atoms with E-state index in [4.69, 9.17) is 4.74 Å². The summed E-state index contributed by atoms with van der Waals surface area (Å²) >= 11 is 3.17. The molecular formula is C31H37LiN2O4S2. The van der Waals surface area contributed by atoms with Gasteiger partial charge in [0.15, 0.2) is 0 Å². The fraction of sp³-hybridized carbons (Fsp3) is 0.452. The number of carbonyl (C=O) groups excluding carboxylic acids is 2. The predicted molar refractivity (Wildman–Crippen MR) is 157 cm³/mol. The second kappa shape index (κ2) is 16.4. The molecule has 2 aromatic carbocycles. The van der Waals surface area contributed by atoms with E-state index < -0.39 is 17.9 Å². The Morgan fingerprint density at radius 2 is 1.93 bits per heavy atom. The number of carbonyl (C=O) groups is 2. The minimum atomic E-state index is -1.27. The molecule has 0 spiro atoms. The molecule has 1 N–H and O–H groups in total. The number of amides is 1. The van der Waals surface area contributed by atoms with E-state index in [1.54, 1.807) is 17.4 Å². The summed E-state index contributed by atoms with van der Waals surface area (Å²) in [5.41, 5.74) is 5.97. The molecule has 1 unspecified atom stereocenters. The summed E-state index contributed by atoms with van der Waals surface area (Å²) in [7, 11) is 0. The smallest absolute Gasteiger partial charge is 0.548 e. The number of rotatable bonds is 13. The second-order valence-electron chi connectivity index (χ2n) is 10.3. The Bertz CT molecular complexity index is 1230. The molecule has 208 valence electrons. The number of aromatic nitrogens is 1. The first kappa shape index (κ1) is 32.4. The van der Waals surface area contributed by atoms with Gasteiger partial charge in [-0.1, -0.05) is 62.4 Å². The van der Waals surface area contributed by atoms with E-state index in [9.17, 15) is 14.7 Å². The molecule has 0 saturated heterocycles. The van der Waals surface area contributed by atoms with E-state index in [0.717, 1.165) is 33.6 Å². The van der Waals surface area contributed by atoms with Gasteiger partial charge in [-0.05, 0) is 72.1 Å². The Kier molecular flexibility index (Phi) is 13.3. The molecule has 40 heavy (non-hydrogen) atoms. The number of hydrogen-bond donors (Lipinski definition) is 1. The van der Waals surface area contributed by atoms with E-state index in [-0.39, 0.29) is 25.0 Å². The van der Waals surface area contributed by atoms with Crippen LogP contribution in [0.15, 0.2) is 54.2 Å². The maximum atomic E-state index is 13.3. The molecule has 1 aliphatic rings. The average Bonchev–Trinajstić information content (AvgIpc) is 3.49. The van der Waals surface area contributed by atoms with Gasteiger partial charge < -0.3 is 20.0 Å². The third-order valence-electron chi connectivity index (χ3n) is 7.46. The van der Waals surface area contributed by atoms with Gasteiger partial charge in [0.2, 0.25) is 0 Å². The van der Waals surface area contributed by atoms with Crippen LogP contribution in [0.4, 0.5) is 0 Å². The topological polar surface area (TPSA) is 91.3 Å². The summed E-state index contributed by atoms with van der Waals surface area (Å²) in [4.78, 5) is 30.4. The quantitative estimate of drug-likeness (QED) is 0.317. The van der Waals surface area contributed by atoms with Crippen molar-refractivity contribution in [3.05, 3.63) is 75.7 Å². The van der Waals surface area contributed by atoms with Gasteiger partial charge in [-0.3, -0.25) is 9.78 Å². The molecule has 1 heterocycles. The maximum absolute atomic E-state index is 13.3. The van der Waals surface area contributed by atoms with Gasteiger partial charge in [0, 0.05) is 11.8 Å². The molecule has 2 atom stereocenters. The zero-order valence-electron chi connectivity index (χ0n) is 23.7. The van der Waals surface area contributed by atoms with E-state index in [1.807, 2.05) is 61.3 Å². The maximum Gasteiger partial charge on any atom is 1.00 e. The van der Waals surface area contributed by atoms with Crippen molar-refractivity contribution in [1.82, 2.24) is 10.3 Å². The van der Waals surface area contributed by atoms with Gasteiger partial charge in [0.1, 0.15) is 0 Å². The van der Waals surface area contributed by atoms with Crippen molar-refractivity contribution in [2.75, 3.05) is 12.0 Å². The molecule has 0 aliphatic heterocycles. The van der Waals surface area contributed by atoms with Gasteiger partial charge in [-0.15, -0.1) is 11.3 Å². The normalized spacial score (nSPS) is 15.2. The number of carboxylic acids is 1. The Balaban J connectivity index is 0.00000441. The van der Waals surface area contributed by atoms with Gasteiger partial charge in [0.25, 0.3) is 5.91 Å². The van der Waals surface area contributed by atoms with Crippen molar-refractivity contribution >= 4 is 35.0 Å². The van der Waals surface area contributed by atoms with Crippen molar-refractivity contribution in [1.29, 1.82) is 0 Å². The van der Waals surface area contributed by atoms with Crippen LogP contribution in [0.5, 0.6) is 0 Å². The van der Waals surface area contributed by atoms with Crippen molar-refractivity contribution in [3.8, 4) is 11.1 Å². The van der Waals surface area contributed by atoms with Crippen LogP contribution in [0, 0.1) is 12.8 Å². The van der Waals surface area contributed by atoms with Gasteiger partial charge in [0.05, 0.1) is 35.1 Å². The first-order valence-electron chi connectivity index (χ1n) is 13.7. The number of thioether (sulfide) groups is 1. The molecule has 9 heteroatoms. The van der Waals surface area contributed by atoms with E-state index >= 15 is 0 Å². The molecule has 0 radical (unpaired) electrons. The SMILES string of the molecule is CSCC[C@H](NC(=O)c1ccc(COC(CC2CCCCC2)c2cncs2)cc1-c1ccccc1C)C(=O)[O-].[Li+]. The van der Waals surface area contributed by atoms with Crippen LogP contribution in [0.3, 0.4) is 0 Å². The predicted octanol–water partition coefficient (Wildman–Crippen LogP) is 2.95. The number of ether oxygens (including phenoxy) is 1. The second-order valence-corrected chi connectivity index (χ2v) is 12.2. The molecule has 1 saturated carbocycles. The van der Waals surface area contributed by atoms with Crippen LogP contribution >= 0.6 is 23.1 Å². The fourth-order valence-corrected chi connectivity index (χ4v) is 6.42. The molecular weight excluding hydrogens is 535 g/mol. The number of aliphatic carboxylic acids is 1. The molecule has 3 aromatic rings. The van der Waals surface area contributed by atoms with Gasteiger partial charge in [-0.2, -0.15) is 11.8 Å². The third kappa shape index (κ3) is 8.96. The van der Waals surface area contributed by atoms with Crippen LogP contribution in [-0.4, -0.2) is 34.9 Å². The molecule has 1 fully saturated rings. The molecule has 1 aromatic heterocycles. The number of carboxylic acid groups (broad SMARTS) is 1. The molecule has 6 nitrogen and oxygen atoms in total. The largest absolute Gasteiger partial charge is 1.00 e. The fourth-order valence-electron chi connectivity index (χ4n) is 5.27. The number of nitrogens with zero attached hydrogens (tertiary/aromatic N) is 1. The summed E-state index contributed by atoms with van der Waals surface area (Å²) in [6, 6.07) is 12.5. The molecule has 0 bridgehead atoms. The Morgan fingerprint density at radius 1 is 1.15 bits per heavy atom. The van der Waals surface area contributed by atoms with Gasteiger partial charge >= 0.3 is 18.9 Å². The molecule has 1 aliphatic carbocycles. The summed E-state index contributed by atoms with van der Waals surface area (Å²) in [5, 5.41) is 14.3. The summed E-state index contributed by atoms with van der Waals surface area (Å²) in [6.45, 7) is 2.41. The van der Waals surface area contributed by atoms with Crippen LogP contribution < -0.4 is 29.3 Å². The monoisotopic (exact) mass is 572 g/mol. The number of nitrogens with one attached hydrogen (secondary N) is 1. The minimum absolute atomic E-state index is 0. The standard InChI is InChI=1S/C31H38N2O4S2.Li/c1-21-8-6-7-11-24(21)26-16-23(12-13-25(26)30(34)33-27(31(35)36)14-15-38-2)19-37-28(29-18-32-20-39-29)17-22-9-4-3-5-10-22;/h6-8,11-13,16,18,20,22,27-28H,3-5,9-10,14-15,17,19H2,1-2H3,(H,33,34)(H,35,36);/q;+1/p-1/t27-,28?;/m0./s1. The summed E-state index contributed by atoms with van der Waals surface area (Å²) in [6.07, 6.45) is 11.5. The first-order valence-corrected chi connectivity index (χ1v) is 15.9. The molecule has 1 amide bonds. The average molecular weight is 573 g/mol. The Hall–Kier alpha value is -2.08. The first-order chi connectivity index (χ1) is 19.0. The van der Waals surface area contributed by atoms with Crippen molar-refractivity contribution in [3.63, 3.8) is 0 Å². The summed E-state index contributed by atoms with van der Waals surface area (Å²) < 4.78 is 6.52. The molecule has 4 rings (SSSR count).